The van der Waals surface area contributed by atoms with Gasteiger partial charge in [0.15, 0.2) is 11.5 Å². The number of aromatic nitrogens is 3. The zero-order valence-corrected chi connectivity index (χ0v) is 15.2. The van der Waals surface area contributed by atoms with Crippen LogP contribution in [0.3, 0.4) is 0 Å². The number of hydrogen-bond acceptors (Lipinski definition) is 4. The highest BCUT2D eigenvalue weighted by molar-refractivity contribution is 5.93. The molecule has 1 aromatic carbocycles. The van der Waals surface area contributed by atoms with E-state index >= 15 is 0 Å². The van der Waals surface area contributed by atoms with Gasteiger partial charge in [0.2, 0.25) is 5.91 Å². The molecule has 27 heavy (non-hydrogen) atoms. The molecule has 2 aromatic heterocycles. The molecule has 8 heteroatoms. The van der Waals surface area contributed by atoms with Crippen LogP contribution in [0.4, 0.5) is 10.5 Å². The third-order valence-electron chi connectivity index (χ3n) is 4.07. The van der Waals surface area contributed by atoms with Crippen LogP contribution >= 0.6 is 0 Å². The molecule has 0 bridgehead atoms. The van der Waals surface area contributed by atoms with Crippen LogP contribution in [0.15, 0.2) is 54.7 Å². The lowest BCUT2D eigenvalue weighted by Crippen LogP contribution is -2.50. The van der Waals surface area contributed by atoms with Crippen molar-refractivity contribution in [1.82, 2.24) is 25.2 Å². The molecule has 1 unspecified atom stereocenters. The van der Waals surface area contributed by atoms with Crippen molar-refractivity contribution in [3.05, 3.63) is 60.6 Å². The Morgan fingerprint density at radius 3 is 2.52 bits per heavy atom. The van der Waals surface area contributed by atoms with Gasteiger partial charge in [-0.3, -0.25) is 9.20 Å². The number of fused-ring (bicyclic) bond motifs is 1. The summed E-state index contributed by atoms with van der Waals surface area (Å²) >= 11 is 0. The zero-order chi connectivity index (χ0) is 19.2. The molecule has 0 aliphatic heterocycles. The maximum absolute atomic E-state index is 12.6. The Labute approximate surface area is 157 Å². The van der Waals surface area contributed by atoms with Gasteiger partial charge in [0.25, 0.3) is 0 Å². The fourth-order valence-corrected chi connectivity index (χ4v) is 2.65. The fourth-order valence-electron chi connectivity index (χ4n) is 2.65. The lowest BCUT2D eigenvalue weighted by molar-refractivity contribution is -0.124. The number of carbonyl (C=O) groups excluding carboxylic acids is 2. The number of amides is 3. The van der Waals surface area contributed by atoms with Crippen LogP contribution in [0.1, 0.15) is 19.7 Å². The van der Waals surface area contributed by atoms with E-state index in [2.05, 4.69) is 26.1 Å². The Bertz CT molecular complexity index is 922. The first-order valence-electron chi connectivity index (χ1n) is 8.73. The third-order valence-corrected chi connectivity index (χ3v) is 4.07. The van der Waals surface area contributed by atoms with E-state index in [9.17, 15) is 9.59 Å². The first kappa shape index (κ1) is 18.4. The Balaban J connectivity index is 1.60. The molecule has 1 atom stereocenters. The molecule has 3 aromatic rings. The van der Waals surface area contributed by atoms with Gasteiger partial charge in [0, 0.05) is 11.9 Å². The Morgan fingerprint density at radius 1 is 1.04 bits per heavy atom. The molecule has 0 saturated carbocycles. The summed E-state index contributed by atoms with van der Waals surface area (Å²) in [5.74, 6) is 0.262. The van der Waals surface area contributed by atoms with Gasteiger partial charge in [-0.1, -0.05) is 38.1 Å². The van der Waals surface area contributed by atoms with E-state index in [0.29, 0.717) is 17.2 Å². The van der Waals surface area contributed by atoms with Crippen LogP contribution in [0, 0.1) is 5.92 Å². The third kappa shape index (κ3) is 4.60. The van der Waals surface area contributed by atoms with Crippen LogP contribution in [-0.4, -0.2) is 32.6 Å². The number of nitrogens with zero attached hydrogens (tertiary/aromatic N) is 3. The highest BCUT2D eigenvalue weighted by atomic mass is 16.2. The van der Waals surface area contributed by atoms with Crippen molar-refractivity contribution in [2.24, 2.45) is 5.92 Å². The van der Waals surface area contributed by atoms with E-state index in [4.69, 9.17) is 0 Å². The second kappa shape index (κ2) is 8.31. The van der Waals surface area contributed by atoms with Crippen LogP contribution < -0.4 is 16.0 Å². The number of nitrogens with one attached hydrogen (secondary N) is 3. The monoisotopic (exact) mass is 366 g/mol. The molecule has 8 nitrogen and oxygen atoms in total. The van der Waals surface area contributed by atoms with Gasteiger partial charge in [0.1, 0.15) is 6.04 Å². The number of hydrogen-bond donors (Lipinski definition) is 3. The quantitative estimate of drug-likeness (QED) is 0.622. The van der Waals surface area contributed by atoms with Crippen molar-refractivity contribution in [2.45, 2.75) is 26.4 Å². The predicted molar refractivity (Wildman–Crippen MR) is 102 cm³/mol. The molecule has 3 rings (SSSR count). The predicted octanol–water partition coefficient (Wildman–Crippen LogP) is 2.19. The smallest absolute Gasteiger partial charge is 0.319 e. The summed E-state index contributed by atoms with van der Waals surface area (Å²) in [6.07, 6.45) is 1.84. The van der Waals surface area contributed by atoms with Crippen molar-refractivity contribution in [3.63, 3.8) is 0 Å². The molecule has 2 heterocycles. The van der Waals surface area contributed by atoms with Crippen molar-refractivity contribution < 1.29 is 9.59 Å². The minimum atomic E-state index is -0.673. The molecule has 0 saturated heterocycles. The SMILES string of the molecule is CC(C)C(NC(=O)Nc1ccccc1)C(=O)NCc1nnc2ccccn12. The summed E-state index contributed by atoms with van der Waals surface area (Å²) in [5, 5.41) is 16.4. The molecule has 0 spiro atoms. The summed E-state index contributed by atoms with van der Waals surface area (Å²) in [7, 11) is 0. The van der Waals surface area contributed by atoms with Crippen molar-refractivity contribution in [1.29, 1.82) is 0 Å². The number of urea groups is 1. The molecule has 0 aliphatic carbocycles. The van der Waals surface area contributed by atoms with Crippen LogP contribution in [0.2, 0.25) is 0 Å². The normalized spacial score (nSPS) is 12.0. The molecule has 0 fully saturated rings. The van der Waals surface area contributed by atoms with Gasteiger partial charge < -0.3 is 16.0 Å². The first-order valence-corrected chi connectivity index (χ1v) is 8.73. The van der Waals surface area contributed by atoms with Gasteiger partial charge in [-0.25, -0.2) is 4.79 Å². The van der Waals surface area contributed by atoms with Gasteiger partial charge in [-0.2, -0.15) is 0 Å². The molecule has 140 valence electrons. The average Bonchev–Trinajstić information content (AvgIpc) is 3.08. The van der Waals surface area contributed by atoms with E-state index in [1.807, 2.05) is 56.4 Å². The van der Waals surface area contributed by atoms with Gasteiger partial charge in [-0.05, 0) is 30.2 Å². The van der Waals surface area contributed by atoms with Crippen LogP contribution in [0.5, 0.6) is 0 Å². The second-order valence-electron chi connectivity index (χ2n) is 6.45. The maximum atomic E-state index is 12.6. The number of pyridine rings is 1. The summed E-state index contributed by atoms with van der Waals surface area (Å²) in [6, 6.07) is 13.5. The van der Waals surface area contributed by atoms with Gasteiger partial charge in [-0.15, -0.1) is 10.2 Å². The van der Waals surface area contributed by atoms with Crippen molar-refractivity contribution in [3.8, 4) is 0 Å². The molecular formula is C19H22N6O2. The van der Waals surface area contributed by atoms with Gasteiger partial charge >= 0.3 is 6.03 Å². The fraction of sp³-hybridized carbons (Fsp3) is 0.263. The number of rotatable bonds is 6. The molecular weight excluding hydrogens is 344 g/mol. The zero-order valence-electron chi connectivity index (χ0n) is 15.2. The number of anilines is 1. The summed E-state index contributed by atoms with van der Waals surface area (Å²) < 4.78 is 1.81. The number of benzene rings is 1. The minimum absolute atomic E-state index is 0.0818. The second-order valence-corrected chi connectivity index (χ2v) is 6.45. The molecule has 3 amide bonds. The Kier molecular flexibility index (Phi) is 5.65. The van der Waals surface area contributed by atoms with Crippen molar-refractivity contribution >= 4 is 23.3 Å². The van der Waals surface area contributed by atoms with E-state index in [0.717, 1.165) is 0 Å². The number of carbonyl (C=O) groups is 2. The van der Waals surface area contributed by atoms with E-state index in [-0.39, 0.29) is 18.4 Å². The van der Waals surface area contributed by atoms with Crippen LogP contribution in [-0.2, 0) is 11.3 Å². The lowest BCUT2D eigenvalue weighted by atomic mass is 10.0. The Morgan fingerprint density at radius 2 is 1.78 bits per heavy atom. The topological polar surface area (TPSA) is 100 Å². The highest BCUT2D eigenvalue weighted by Gasteiger charge is 2.24. The average molecular weight is 366 g/mol. The molecule has 0 radical (unpaired) electrons. The van der Waals surface area contributed by atoms with Crippen molar-refractivity contribution in [2.75, 3.05) is 5.32 Å². The number of para-hydroxylation sites is 1. The van der Waals surface area contributed by atoms with E-state index < -0.39 is 12.1 Å². The Hall–Kier alpha value is -3.42. The largest absolute Gasteiger partial charge is 0.347 e. The van der Waals surface area contributed by atoms with E-state index in [1.165, 1.54) is 0 Å². The standard InChI is InChI=1S/C19H22N6O2/c1-13(2)17(22-19(27)21-14-8-4-3-5-9-14)18(26)20-12-16-24-23-15-10-6-7-11-25(15)16/h3-11,13,17H,12H2,1-2H3,(H,20,26)(H2,21,22,27). The van der Waals surface area contributed by atoms with Gasteiger partial charge in [0.05, 0.1) is 6.54 Å². The minimum Gasteiger partial charge on any atom is -0.347 e. The maximum Gasteiger partial charge on any atom is 0.319 e. The summed E-state index contributed by atoms with van der Waals surface area (Å²) in [4.78, 5) is 24.8. The van der Waals surface area contributed by atoms with Crippen LogP contribution in [0.25, 0.3) is 5.65 Å². The molecule has 0 aliphatic rings. The lowest BCUT2D eigenvalue weighted by Gasteiger charge is -2.21. The first-order chi connectivity index (χ1) is 13.0. The van der Waals surface area contributed by atoms with E-state index in [1.54, 1.807) is 16.5 Å². The summed E-state index contributed by atoms with van der Waals surface area (Å²) in [6.45, 7) is 3.97. The summed E-state index contributed by atoms with van der Waals surface area (Å²) in [5.41, 5.74) is 1.37. The highest BCUT2D eigenvalue weighted by Crippen LogP contribution is 2.07. The molecule has 3 N–H and O–H groups in total.